The van der Waals surface area contributed by atoms with Gasteiger partial charge in [-0.25, -0.2) is 9.37 Å². The fraction of sp³-hybridized carbons (Fsp3) is 0.333. The van der Waals surface area contributed by atoms with Crippen LogP contribution in [0.15, 0.2) is 36.7 Å². The summed E-state index contributed by atoms with van der Waals surface area (Å²) in [5.74, 6) is 0.163. The van der Waals surface area contributed by atoms with Crippen LogP contribution in [0.5, 0.6) is 0 Å². The number of carbonyl (C=O) groups excluding carboxylic acids is 1. The van der Waals surface area contributed by atoms with Crippen LogP contribution in [-0.4, -0.2) is 39.6 Å². The molecule has 6 nitrogen and oxygen atoms in total. The van der Waals surface area contributed by atoms with Crippen molar-refractivity contribution in [1.29, 1.82) is 0 Å². The van der Waals surface area contributed by atoms with Gasteiger partial charge in [0.15, 0.2) is 0 Å². The zero-order valence-electron chi connectivity index (χ0n) is 16.7. The van der Waals surface area contributed by atoms with Gasteiger partial charge in [-0.1, -0.05) is 0 Å². The minimum Gasteiger partial charge on any atom is -0.386 e. The highest BCUT2D eigenvalue weighted by Gasteiger charge is 2.23. The number of hydrogen-bond acceptors (Lipinski definition) is 4. The lowest BCUT2D eigenvalue weighted by Crippen LogP contribution is -2.25. The molecule has 0 bridgehead atoms. The van der Waals surface area contributed by atoms with E-state index in [0.29, 0.717) is 22.6 Å². The van der Waals surface area contributed by atoms with Crippen molar-refractivity contribution in [3.63, 3.8) is 0 Å². The number of aryl methyl sites for hydroxylation is 1. The van der Waals surface area contributed by atoms with Crippen LogP contribution in [0.25, 0.3) is 10.9 Å². The van der Waals surface area contributed by atoms with Crippen molar-refractivity contribution < 1.29 is 14.3 Å². The van der Waals surface area contributed by atoms with E-state index in [2.05, 4.69) is 10.3 Å². The number of fused-ring (bicyclic) bond motifs is 1. The Labute approximate surface area is 163 Å². The number of nitrogens with zero attached hydrogens (tertiary/aromatic N) is 3. The molecule has 3 aromatic rings. The Hall–Kier alpha value is -2.93. The summed E-state index contributed by atoms with van der Waals surface area (Å²) in [6, 6.07) is 6.48. The number of likely N-dealkylation sites (N-methyl/N-ethyl adjacent to an activating group) is 1. The molecular weight excluding hydrogens is 359 g/mol. The predicted octanol–water partition coefficient (Wildman–Crippen LogP) is 3.54. The minimum absolute atomic E-state index is 0.0116. The first-order valence-electron chi connectivity index (χ1n) is 9.02. The molecule has 28 heavy (non-hydrogen) atoms. The van der Waals surface area contributed by atoms with E-state index in [-0.39, 0.29) is 12.5 Å². The molecule has 0 aliphatic carbocycles. The Balaban J connectivity index is 2.05. The summed E-state index contributed by atoms with van der Waals surface area (Å²) in [7, 11) is 3.44. The highest BCUT2D eigenvalue weighted by Crippen LogP contribution is 2.35. The van der Waals surface area contributed by atoms with Crippen molar-refractivity contribution in [1.82, 2.24) is 14.5 Å². The van der Waals surface area contributed by atoms with Gasteiger partial charge >= 0.3 is 0 Å². The van der Waals surface area contributed by atoms with Crippen LogP contribution in [0, 0.1) is 12.7 Å². The molecule has 1 amide bonds. The van der Waals surface area contributed by atoms with Gasteiger partial charge in [0.25, 0.3) is 0 Å². The van der Waals surface area contributed by atoms with Gasteiger partial charge in [-0.2, -0.15) is 0 Å². The molecule has 0 aliphatic rings. The van der Waals surface area contributed by atoms with E-state index in [9.17, 15) is 14.3 Å². The zero-order chi connectivity index (χ0) is 20.6. The topological polar surface area (TPSA) is 70.4 Å². The van der Waals surface area contributed by atoms with E-state index in [4.69, 9.17) is 0 Å². The average Bonchev–Trinajstić information content (AvgIpc) is 3.00. The normalized spacial score (nSPS) is 11.7. The Morgan fingerprint density at radius 3 is 2.68 bits per heavy atom. The molecule has 0 saturated carbocycles. The molecule has 2 N–H and O–H groups in total. The van der Waals surface area contributed by atoms with Crippen molar-refractivity contribution in [2.24, 2.45) is 0 Å². The molecule has 0 saturated heterocycles. The van der Waals surface area contributed by atoms with E-state index in [1.165, 1.54) is 12.1 Å². The number of aromatic nitrogens is 2. The van der Waals surface area contributed by atoms with Crippen molar-refractivity contribution in [2.45, 2.75) is 32.9 Å². The van der Waals surface area contributed by atoms with Crippen molar-refractivity contribution in [3.05, 3.63) is 53.6 Å². The Morgan fingerprint density at radius 1 is 1.32 bits per heavy atom. The molecule has 0 unspecified atom stereocenters. The van der Waals surface area contributed by atoms with Crippen LogP contribution in [0.1, 0.15) is 25.0 Å². The van der Waals surface area contributed by atoms with Gasteiger partial charge in [0, 0.05) is 43.1 Å². The minimum atomic E-state index is -1.23. The standard InChI is InChI=1S/C21H25FN4O2/c1-13-10-14(22)11-16(21(2,3)28)19(13)24-20-15-7-9-26(12-18(27)25(4)5)17(15)6-8-23-20/h6-11,28H,12H2,1-5H3,(H,23,24). The fourth-order valence-corrected chi connectivity index (χ4v) is 3.16. The molecule has 3 rings (SSSR count). The lowest BCUT2D eigenvalue weighted by molar-refractivity contribution is -0.129. The summed E-state index contributed by atoms with van der Waals surface area (Å²) >= 11 is 0. The summed E-state index contributed by atoms with van der Waals surface area (Å²) in [5.41, 5.74) is 1.36. The maximum atomic E-state index is 13.9. The van der Waals surface area contributed by atoms with Crippen molar-refractivity contribution in [3.8, 4) is 0 Å². The SMILES string of the molecule is Cc1cc(F)cc(C(C)(C)O)c1Nc1nccc2c1ccn2CC(=O)N(C)C. The van der Waals surface area contributed by atoms with Crippen LogP contribution in [-0.2, 0) is 16.9 Å². The lowest BCUT2D eigenvalue weighted by Gasteiger charge is -2.24. The largest absolute Gasteiger partial charge is 0.386 e. The second-order valence-corrected chi connectivity index (χ2v) is 7.65. The van der Waals surface area contributed by atoms with Gasteiger partial charge in [-0.15, -0.1) is 0 Å². The molecule has 148 valence electrons. The van der Waals surface area contributed by atoms with E-state index in [1.54, 1.807) is 46.0 Å². The summed E-state index contributed by atoms with van der Waals surface area (Å²) in [6.45, 7) is 5.24. The molecule has 0 aliphatic heterocycles. The monoisotopic (exact) mass is 384 g/mol. The highest BCUT2D eigenvalue weighted by molar-refractivity contribution is 5.93. The van der Waals surface area contributed by atoms with Gasteiger partial charge in [0.2, 0.25) is 5.91 Å². The third-order valence-electron chi connectivity index (χ3n) is 4.70. The van der Waals surface area contributed by atoms with Gasteiger partial charge in [0.1, 0.15) is 18.2 Å². The molecule has 0 radical (unpaired) electrons. The number of hydrogen-bond donors (Lipinski definition) is 2. The van der Waals surface area contributed by atoms with Crippen LogP contribution < -0.4 is 5.32 Å². The second kappa shape index (κ2) is 7.24. The summed E-state index contributed by atoms with van der Waals surface area (Å²) in [4.78, 5) is 18.0. The van der Waals surface area contributed by atoms with E-state index >= 15 is 0 Å². The average molecular weight is 384 g/mol. The maximum absolute atomic E-state index is 13.9. The van der Waals surface area contributed by atoms with E-state index in [1.807, 2.05) is 22.9 Å². The third kappa shape index (κ3) is 3.84. The van der Waals surface area contributed by atoms with Gasteiger partial charge in [-0.05, 0) is 50.6 Å². The highest BCUT2D eigenvalue weighted by atomic mass is 19.1. The number of halogens is 1. The Morgan fingerprint density at radius 2 is 2.04 bits per heavy atom. The fourth-order valence-electron chi connectivity index (χ4n) is 3.16. The number of aliphatic hydroxyl groups is 1. The molecule has 2 heterocycles. The van der Waals surface area contributed by atoms with E-state index < -0.39 is 11.4 Å². The molecule has 0 atom stereocenters. The van der Waals surface area contributed by atoms with Crippen LogP contribution in [0.2, 0.25) is 0 Å². The number of anilines is 2. The van der Waals surface area contributed by atoms with Crippen molar-refractivity contribution in [2.75, 3.05) is 19.4 Å². The van der Waals surface area contributed by atoms with Crippen LogP contribution in [0.4, 0.5) is 15.9 Å². The summed E-state index contributed by atoms with van der Waals surface area (Å²) < 4.78 is 15.8. The number of amides is 1. The van der Waals surface area contributed by atoms with Crippen LogP contribution in [0.3, 0.4) is 0 Å². The molecule has 2 aromatic heterocycles. The summed E-state index contributed by atoms with van der Waals surface area (Å²) in [6.07, 6.45) is 3.50. The van der Waals surface area contributed by atoms with Gasteiger partial charge < -0.3 is 19.9 Å². The maximum Gasteiger partial charge on any atom is 0.241 e. The molecule has 1 aromatic carbocycles. The molecule has 0 spiro atoms. The summed E-state index contributed by atoms with van der Waals surface area (Å²) in [5, 5.41) is 14.6. The first kappa shape index (κ1) is 19.8. The molecule has 7 heteroatoms. The quantitative estimate of drug-likeness (QED) is 0.706. The lowest BCUT2D eigenvalue weighted by atomic mass is 9.94. The second-order valence-electron chi connectivity index (χ2n) is 7.65. The number of pyridine rings is 1. The van der Waals surface area contributed by atoms with Gasteiger partial charge in [0.05, 0.1) is 11.1 Å². The van der Waals surface area contributed by atoms with Crippen molar-refractivity contribution >= 4 is 28.3 Å². The first-order valence-corrected chi connectivity index (χ1v) is 9.02. The number of benzene rings is 1. The van der Waals surface area contributed by atoms with E-state index in [0.717, 1.165) is 10.9 Å². The predicted molar refractivity (Wildman–Crippen MR) is 108 cm³/mol. The smallest absolute Gasteiger partial charge is 0.241 e. The molecule has 0 fully saturated rings. The molecular formula is C21H25FN4O2. The third-order valence-corrected chi connectivity index (χ3v) is 4.70. The first-order chi connectivity index (χ1) is 13.1. The van der Waals surface area contributed by atoms with Crippen LogP contribution >= 0.6 is 0 Å². The number of carbonyl (C=O) groups is 1. The Kier molecular flexibility index (Phi) is 5.12. The zero-order valence-corrected chi connectivity index (χ0v) is 16.7. The number of rotatable bonds is 5. The number of nitrogens with one attached hydrogen (secondary N) is 1. The van der Waals surface area contributed by atoms with Gasteiger partial charge in [-0.3, -0.25) is 4.79 Å². The Bertz CT molecular complexity index is 1030.